The highest BCUT2D eigenvalue weighted by molar-refractivity contribution is 9.10. The van der Waals surface area contributed by atoms with Gasteiger partial charge in [0.25, 0.3) is 0 Å². The summed E-state index contributed by atoms with van der Waals surface area (Å²) in [6, 6.07) is 15.1. The third kappa shape index (κ3) is 3.18. The fourth-order valence-corrected chi connectivity index (χ4v) is 2.47. The molecule has 3 heteroatoms. The minimum Gasteiger partial charge on any atom is -0.306 e. The van der Waals surface area contributed by atoms with Crippen molar-refractivity contribution >= 4 is 15.9 Å². The average Bonchev–Trinajstić information content (AvgIpc) is 2.38. The molecule has 2 aromatic carbocycles. The number of nitrogens with one attached hydrogen (secondary N) is 1. The van der Waals surface area contributed by atoms with Crippen molar-refractivity contribution < 1.29 is 4.39 Å². The molecule has 18 heavy (non-hydrogen) atoms. The van der Waals surface area contributed by atoms with Crippen LogP contribution in [0.25, 0.3) is 0 Å². The van der Waals surface area contributed by atoms with Crippen molar-refractivity contribution in [2.45, 2.75) is 19.5 Å². The molecule has 0 aliphatic heterocycles. The van der Waals surface area contributed by atoms with E-state index in [1.807, 2.05) is 24.3 Å². The second-order valence-corrected chi connectivity index (χ2v) is 5.07. The molecule has 0 radical (unpaired) electrons. The molecule has 0 aliphatic carbocycles. The van der Waals surface area contributed by atoms with Gasteiger partial charge in [-0.1, -0.05) is 52.3 Å². The van der Waals surface area contributed by atoms with Crippen LogP contribution in [0.2, 0.25) is 0 Å². The van der Waals surface area contributed by atoms with E-state index >= 15 is 0 Å². The van der Waals surface area contributed by atoms with E-state index in [4.69, 9.17) is 0 Å². The number of benzene rings is 2. The Morgan fingerprint density at radius 2 is 1.78 bits per heavy atom. The van der Waals surface area contributed by atoms with Crippen LogP contribution in [0.5, 0.6) is 0 Å². The van der Waals surface area contributed by atoms with Crippen LogP contribution >= 0.6 is 15.9 Å². The fraction of sp³-hybridized carbons (Fsp3) is 0.200. The lowest BCUT2D eigenvalue weighted by atomic mass is 10.1. The summed E-state index contributed by atoms with van der Waals surface area (Å²) in [5.41, 5.74) is 1.87. The Labute approximate surface area is 115 Å². The number of halogens is 2. The molecule has 1 atom stereocenters. The first-order valence-corrected chi connectivity index (χ1v) is 6.69. The second kappa shape index (κ2) is 6.12. The van der Waals surface area contributed by atoms with Gasteiger partial charge >= 0.3 is 0 Å². The average molecular weight is 308 g/mol. The summed E-state index contributed by atoms with van der Waals surface area (Å²) in [5, 5.41) is 3.33. The normalized spacial score (nSPS) is 12.4. The first-order chi connectivity index (χ1) is 8.68. The molecule has 0 fully saturated rings. The van der Waals surface area contributed by atoms with Gasteiger partial charge < -0.3 is 5.32 Å². The van der Waals surface area contributed by atoms with Gasteiger partial charge in [0.1, 0.15) is 5.82 Å². The van der Waals surface area contributed by atoms with E-state index in [9.17, 15) is 4.39 Å². The van der Waals surface area contributed by atoms with E-state index in [0.29, 0.717) is 12.1 Å². The topological polar surface area (TPSA) is 12.0 Å². The van der Waals surface area contributed by atoms with Gasteiger partial charge in [0.05, 0.1) is 0 Å². The minimum atomic E-state index is -0.163. The Kier molecular flexibility index (Phi) is 4.50. The Balaban J connectivity index is 2.03. The molecular formula is C15H15BrFN. The Bertz CT molecular complexity index is 527. The Morgan fingerprint density at radius 1 is 1.11 bits per heavy atom. The van der Waals surface area contributed by atoms with Gasteiger partial charge in [-0.25, -0.2) is 4.39 Å². The van der Waals surface area contributed by atoms with E-state index in [2.05, 4.69) is 34.2 Å². The molecule has 0 saturated carbocycles. The van der Waals surface area contributed by atoms with Crippen LogP contribution in [0.1, 0.15) is 24.1 Å². The lowest BCUT2D eigenvalue weighted by Gasteiger charge is -2.16. The van der Waals surface area contributed by atoms with Crippen LogP contribution < -0.4 is 5.32 Å². The maximum atomic E-state index is 13.5. The van der Waals surface area contributed by atoms with Gasteiger partial charge in [-0.15, -0.1) is 0 Å². The van der Waals surface area contributed by atoms with Crippen molar-refractivity contribution in [2.75, 3.05) is 0 Å². The zero-order chi connectivity index (χ0) is 13.0. The highest BCUT2D eigenvalue weighted by atomic mass is 79.9. The fourth-order valence-electron chi connectivity index (χ4n) is 1.84. The third-order valence-corrected chi connectivity index (χ3v) is 3.65. The number of rotatable bonds is 4. The standard InChI is InChI=1S/C15H15BrFN/c1-11(13-7-3-4-8-14(13)16)18-10-12-6-2-5-9-15(12)17/h2-9,11,18H,10H2,1H3/t11-/m0/s1. The maximum absolute atomic E-state index is 13.5. The molecule has 0 aliphatic rings. The van der Waals surface area contributed by atoms with E-state index in [1.165, 1.54) is 11.6 Å². The van der Waals surface area contributed by atoms with Gasteiger partial charge in [-0.3, -0.25) is 0 Å². The lowest BCUT2D eigenvalue weighted by molar-refractivity contribution is 0.543. The van der Waals surface area contributed by atoms with Crippen LogP contribution in [0.15, 0.2) is 53.0 Å². The summed E-state index contributed by atoms with van der Waals surface area (Å²) < 4.78 is 14.5. The van der Waals surface area contributed by atoms with Crippen LogP contribution in [-0.2, 0) is 6.54 Å². The first kappa shape index (κ1) is 13.2. The maximum Gasteiger partial charge on any atom is 0.127 e. The molecule has 0 aromatic heterocycles. The van der Waals surface area contributed by atoms with Crippen LogP contribution in [0.4, 0.5) is 4.39 Å². The molecule has 1 nitrogen and oxygen atoms in total. The van der Waals surface area contributed by atoms with Gasteiger partial charge in [0.2, 0.25) is 0 Å². The number of hydrogen-bond donors (Lipinski definition) is 1. The molecule has 0 amide bonds. The van der Waals surface area contributed by atoms with Crippen molar-refractivity contribution in [2.24, 2.45) is 0 Å². The summed E-state index contributed by atoms with van der Waals surface area (Å²) in [4.78, 5) is 0. The molecule has 0 spiro atoms. The predicted molar refractivity (Wildman–Crippen MR) is 75.8 cm³/mol. The van der Waals surface area contributed by atoms with Crippen LogP contribution in [0.3, 0.4) is 0 Å². The van der Waals surface area contributed by atoms with Crippen molar-refractivity contribution in [3.63, 3.8) is 0 Å². The molecule has 0 bridgehead atoms. The third-order valence-electron chi connectivity index (χ3n) is 2.93. The van der Waals surface area contributed by atoms with Crippen LogP contribution in [0, 0.1) is 5.82 Å². The molecule has 94 valence electrons. The van der Waals surface area contributed by atoms with Gasteiger partial charge in [-0.05, 0) is 24.6 Å². The van der Waals surface area contributed by atoms with Crippen molar-refractivity contribution in [3.8, 4) is 0 Å². The smallest absolute Gasteiger partial charge is 0.127 e. The van der Waals surface area contributed by atoms with E-state index in [1.54, 1.807) is 12.1 Å². The molecule has 0 unspecified atom stereocenters. The minimum absolute atomic E-state index is 0.163. The largest absolute Gasteiger partial charge is 0.306 e. The van der Waals surface area contributed by atoms with Gasteiger partial charge in [0.15, 0.2) is 0 Å². The molecular weight excluding hydrogens is 293 g/mol. The molecule has 2 rings (SSSR count). The van der Waals surface area contributed by atoms with Crippen LogP contribution in [-0.4, -0.2) is 0 Å². The lowest BCUT2D eigenvalue weighted by Crippen LogP contribution is -2.19. The number of hydrogen-bond acceptors (Lipinski definition) is 1. The highest BCUT2D eigenvalue weighted by Gasteiger charge is 2.09. The Hall–Kier alpha value is -1.19. The van der Waals surface area contributed by atoms with E-state index in [-0.39, 0.29) is 11.9 Å². The summed E-state index contributed by atoms with van der Waals surface area (Å²) in [5.74, 6) is -0.163. The second-order valence-electron chi connectivity index (χ2n) is 4.22. The van der Waals surface area contributed by atoms with Crippen molar-refractivity contribution in [1.82, 2.24) is 5.32 Å². The first-order valence-electron chi connectivity index (χ1n) is 5.89. The Morgan fingerprint density at radius 3 is 2.50 bits per heavy atom. The SMILES string of the molecule is C[C@H](NCc1ccccc1F)c1ccccc1Br. The summed E-state index contributed by atoms with van der Waals surface area (Å²) in [6.45, 7) is 2.59. The van der Waals surface area contributed by atoms with E-state index < -0.39 is 0 Å². The van der Waals surface area contributed by atoms with Crippen molar-refractivity contribution in [1.29, 1.82) is 0 Å². The molecule has 0 heterocycles. The molecule has 1 N–H and O–H groups in total. The highest BCUT2D eigenvalue weighted by Crippen LogP contribution is 2.23. The zero-order valence-electron chi connectivity index (χ0n) is 10.2. The quantitative estimate of drug-likeness (QED) is 0.880. The zero-order valence-corrected chi connectivity index (χ0v) is 11.7. The van der Waals surface area contributed by atoms with Gasteiger partial charge in [-0.2, -0.15) is 0 Å². The van der Waals surface area contributed by atoms with Crippen molar-refractivity contribution in [3.05, 3.63) is 69.9 Å². The summed E-state index contributed by atoms with van der Waals surface area (Å²) >= 11 is 3.52. The van der Waals surface area contributed by atoms with E-state index in [0.717, 1.165) is 4.47 Å². The molecule has 0 saturated heterocycles. The summed E-state index contributed by atoms with van der Waals surface area (Å²) in [7, 11) is 0. The monoisotopic (exact) mass is 307 g/mol. The molecule has 2 aromatic rings. The van der Waals surface area contributed by atoms with Gasteiger partial charge in [0, 0.05) is 22.6 Å². The summed E-state index contributed by atoms with van der Waals surface area (Å²) in [6.07, 6.45) is 0. The predicted octanol–water partition coefficient (Wildman–Crippen LogP) is 4.44.